The molecular weight excluding hydrogens is 382 g/mol. The van der Waals surface area contributed by atoms with Crippen molar-refractivity contribution in [1.82, 2.24) is 9.97 Å². The molecule has 0 aliphatic heterocycles. The number of rotatable bonds is 6. The number of halogens is 4. The number of aromatic nitrogens is 2. The second kappa shape index (κ2) is 8.82. The first-order chi connectivity index (χ1) is 13.9. The lowest BCUT2D eigenvalue weighted by Gasteiger charge is -2.09. The molecule has 3 aromatic rings. The molecule has 0 amide bonds. The van der Waals surface area contributed by atoms with E-state index in [2.05, 4.69) is 16.9 Å². The predicted molar refractivity (Wildman–Crippen MR) is 101 cm³/mol. The van der Waals surface area contributed by atoms with Crippen molar-refractivity contribution in [3.63, 3.8) is 0 Å². The van der Waals surface area contributed by atoms with Crippen molar-refractivity contribution in [2.75, 3.05) is 0 Å². The van der Waals surface area contributed by atoms with Crippen LogP contribution in [0.25, 0.3) is 22.5 Å². The summed E-state index contributed by atoms with van der Waals surface area (Å²) < 4.78 is 56.9. The van der Waals surface area contributed by atoms with Crippen LogP contribution in [0, 0.1) is 34.6 Å². The Morgan fingerprint density at radius 2 is 1.38 bits per heavy atom. The molecule has 0 aliphatic carbocycles. The third-order valence-corrected chi connectivity index (χ3v) is 4.52. The third kappa shape index (κ3) is 4.43. The summed E-state index contributed by atoms with van der Waals surface area (Å²) in [5, 5.41) is 8.72. The van der Waals surface area contributed by atoms with Crippen LogP contribution in [0.5, 0.6) is 0 Å². The van der Waals surface area contributed by atoms with Crippen LogP contribution >= 0.6 is 0 Å². The Labute approximate surface area is 165 Å². The zero-order valence-corrected chi connectivity index (χ0v) is 15.6. The standard InChI is InChI=1S/C22H17F4N3/c1-2-3-4-5-13-11-28-22(29-12-13)15-8-19(25)21(20(26)9-15)14-6-17(23)16(10-27)18(24)7-14/h6-9,11-12H,2-5H2,1H3. The number of hydrogen-bond donors (Lipinski definition) is 0. The SMILES string of the molecule is CCCCCc1cnc(-c2cc(F)c(-c3cc(F)c(C#N)c(F)c3)c(F)c2)nc1. The van der Waals surface area contributed by atoms with E-state index in [0.29, 0.717) is 0 Å². The lowest BCUT2D eigenvalue weighted by Crippen LogP contribution is -1.98. The second-order valence-corrected chi connectivity index (χ2v) is 6.61. The number of aryl methyl sites for hydroxylation is 1. The lowest BCUT2D eigenvalue weighted by atomic mass is 10.00. The van der Waals surface area contributed by atoms with Crippen molar-refractivity contribution < 1.29 is 17.6 Å². The highest BCUT2D eigenvalue weighted by Crippen LogP contribution is 2.32. The Morgan fingerprint density at radius 3 is 1.90 bits per heavy atom. The molecule has 0 aliphatic rings. The molecule has 148 valence electrons. The molecule has 2 aromatic carbocycles. The number of nitrogens with zero attached hydrogens (tertiary/aromatic N) is 3. The molecule has 0 bridgehead atoms. The summed E-state index contributed by atoms with van der Waals surface area (Å²) in [6, 6.07) is 4.85. The first-order valence-corrected chi connectivity index (χ1v) is 9.14. The molecule has 0 N–H and O–H groups in total. The summed E-state index contributed by atoms with van der Waals surface area (Å²) in [6.45, 7) is 2.10. The number of benzene rings is 2. The molecule has 0 fully saturated rings. The van der Waals surface area contributed by atoms with E-state index in [1.807, 2.05) is 0 Å². The maximum atomic E-state index is 14.6. The summed E-state index contributed by atoms with van der Waals surface area (Å²) in [6.07, 6.45) is 7.26. The highest BCUT2D eigenvalue weighted by molar-refractivity contribution is 5.70. The predicted octanol–water partition coefficient (Wildman–Crippen LogP) is 5.97. The summed E-state index contributed by atoms with van der Waals surface area (Å²) >= 11 is 0. The van der Waals surface area contributed by atoms with Crippen molar-refractivity contribution >= 4 is 0 Å². The quantitative estimate of drug-likeness (QED) is 0.379. The van der Waals surface area contributed by atoms with Gasteiger partial charge in [0.05, 0.1) is 5.56 Å². The Morgan fingerprint density at radius 1 is 0.828 bits per heavy atom. The van der Waals surface area contributed by atoms with Crippen LogP contribution in [0.1, 0.15) is 37.3 Å². The van der Waals surface area contributed by atoms with Gasteiger partial charge in [0.1, 0.15) is 34.9 Å². The van der Waals surface area contributed by atoms with Gasteiger partial charge >= 0.3 is 0 Å². The fraction of sp³-hybridized carbons (Fsp3) is 0.227. The fourth-order valence-corrected chi connectivity index (χ4v) is 3.01. The maximum Gasteiger partial charge on any atom is 0.159 e. The monoisotopic (exact) mass is 399 g/mol. The minimum absolute atomic E-state index is 0.110. The van der Waals surface area contributed by atoms with Crippen LogP contribution in [-0.4, -0.2) is 9.97 Å². The van der Waals surface area contributed by atoms with Gasteiger partial charge in [-0.05, 0) is 48.2 Å². The van der Waals surface area contributed by atoms with Gasteiger partial charge in [0, 0.05) is 18.0 Å². The normalized spacial score (nSPS) is 10.8. The van der Waals surface area contributed by atoms with Crippen molar-refractivity contribution in [2.24, 2.45) is 0 Å². The fourth-order valence-electron chi connectivity index (χ4n) is 3.01. The van der Waals surface area contributed by atoms with Crippen LogP contribution < -0.4 is 0 Å². The van der Waals surface area contributed by atoms with Crippen LogP contribution in [0.4, 0.5) is 17.6 Å². The van der Waals surface area contributed by atoms with Crippen LogP contribution in [0.15, 0.2) is 36.7 Å². The van der Waals surface area contributed by atoms with E-state index in [1.165, 1.54) is 6.07 Å². The van der Waals surface area contributed by atoms with E-state index in [0.717, 1.165) is 55.5 Å². The summed E-state index contributed by atoms with van der Waals surface area (Å²) in [5.74, 6) is -4.26. The van der Waals surface area contributed by atoms with E-state index in [4.69, 9.17) is 5.26 Å². The number of hydrogen-bond acceptors (Lipinski definition) is 3. The van der Waals surface area contributed by atoms with E-state index < -0.39 is 34.4 Å². The van der Waals surface area contributed by atoms with E-state index in [-0.39, 0.29) is 17.0 Å². The molecule has 3 nitrogen and oxygen atoms in total. The van der Waals surface area contributed by atoms with Crippen molar-refractivity contribution in [3.05, 3.63) is 71.1 Å². The van der Waals surface area contributed by atoms with Gasteiger partial charge in [0.25, 0.3) is 0 Å². The number of unbranched alkanes of at least 4 members (excludes halogenated alkanes) is 2. The van der Waals surface area contributed by atoms with Gasteiger partial charge in [-0.2, -0.15) is 5.26 Å². The Balaban J connectivity index is 1.93. The molecule has 3 rings (SSSR count). The van der Waals surface area contributed by atoms with E-state index in [1.54, 1.807) is 12.4 Å². The maximum absolute atomic E-state index is 14.6. The average molecular weight is 399 g/mol. The highest BCUT2D eigenvalue weighted by atomic mass is 19.1. The molecule has 7 heteroatoms. The van der Waals surface area contributed by atoms with Gasteiger partial charge in [0.2, 0.25) is 0 Å². The molecule has 1 aromatic heterocycles. The second-order valence-electron chi connectivity index (χ2n) is 6.61. The van der Waals surface area contributed by atoms with Crippen molar-refractivity contribution in [2.45, 2.75) is 32.6 Å². The Bertz CT molecular complexity index is 1030. The first-order valence-electron chi connectivity index (χ1n) is 9.14. The molecule has 0 unspecified atom stereocenters. The van der Waals surface area contributed by atoms with Crippen LogP contribution in [-0.2, 0) is 6.42 Å². The van der Waals surface area contributed by atoms with Gasteiger partial charge in [-0.15, -0.1) is 0 Å². The van der Waals surface area contributed by atoms with E-state index >= 15 is 0 Å². The molecule has 0 atom stereocenters. The van der Waals surface area contributed by atoms with Crippen LogP contribution in [0.3, 0.4) is 0 Å². The largest absolute Gasteiger partial charge is 0.236 e. The van der Waals surface area contributed by atoms with Gasteiger partial charge < -0.3 is 0 Å². The Kier molecular flexibility index (Phi) is 6.23. The van der Waals surface area contributed by atoms with Crippen LogP contribution in [0.2, 0.25) is 0 Å². The first kappa shape index (κ1) is 20.5. The van der Waals surface area contributed by atoms with Gasteiger partial charge in [0.15, 0.2) is 5.82 Å². The molecule has 0 spiro atoms. The zero-order valence-electron chi connectivity index (χ0n) is 15.6. The lowest BCUT2D eigenvalue weighted by molar-refractivity contribution is 0.573. The molecule has 0 radical (unpaired) electrons. The van der Waals surface area contributed by atoms with Gasteiger partial charge in [-0.25, -0.2) is 27.5 Å². The summed E-state index contributed by atoms with van der Waals surface area (Å²) in [5.41, 5.74) is -0.694. The third-order valence-electron chi connectivity index (χ3n) is 4.52. The summed E-state index contributed by atoms with van der Waals surface area (Å²) in [4.78, 5) is 8.33. The van der Waals surface area contributed by atoms with E-state index in [9.17, 15) is 17.6 Å². The molecule has 29 heavy (non-hydrogen) atoms. The smallest absolute Gasteiger partial charge is 0.159 e. The minimum Gasteiger partial charge on any atom is -0.236 e. The number of nitriles is 1. The highest BCUT2D eigenvalue weighted by Gasteiger charge is 2.19. The summed E-state index contributed by atoms with van der Waals surface area (Å²) in [7, 11) is 0. The van der Waals surface area contributed by atoms with Gasteiger partial charge in [-0.1, -0.05) is 19.8 Å². The Hall–Kier alpha value is -3.27. The zero-order chi connectivity index (χ0) is 21.0. The minimum atomic E-state index is -1.19. The molecule has 0 saturated carbocycles. The van der Waals surface area contributed by atoms with Gasteiger partial charge in [-0.3, -0.25) is 0 Å². The van der Waals surface area contributed by atoms with Crippen molar-refractivity contribution in [1.29, 1.82) is 5.26 Å². The molecule has 0 saturated heterocycles. The average Bonchev–Trinajstić information content (AvgIpc) is 2.68. The molecule has 1 heterocycles. The molecular formula is C22H17F4N3. The topological polar surface area (TPSA) is 49.6 Å². The van der Waals surface area contributed by atoms with Crippen molar-refractivity contribution in [3.8, 4) is 28.6 Å².